The summed E-state index contributed by atoms with van der Waals surface area (Å²) in [4.78, 5) is 0. The van der Waals surface area contributed by atoms with Gasteiger partial charge in [-0.3, -0.25) is 0 Å². The van der Waals surface area contributed by atoms with Crippen LogP contribution in [0.4, 0.5) is 0 Å². The van der Waals surface area contributed by atoms with Gasteiger partial charge in [-0.25, -0.2) is 0 Å². The van der Waals surface area contributed by atoms with Gasteiger partial charge in [-0.15, -0.1) is 0 Å². The number of hydrogen-bond donors (Lipinski definition) is 0. The maximum Gasteiger partial charge on any atom is 0.141 e. The Labute approximate surface area is 332 Å². The SMILES string of the molecule is O=P(CC[S-])(c1ccccc1)c1ccccc1.[S-]CCP(c1ccccc1)c1ccccc1.[S-]CCP(c1ccccc1)c1ccccc1.[Tc]. The summed E-state index contributed by atoms with van der Waals surface area (Å²) < 4.78 is 13.1. The van der Waals surface area contributed by atoms with Crippen molar-refractivity contribution in [2.75, 3.05) is 35.7 Å². The minimum atomic E-state index is -2.53. The second-order valence-electron chi connectivity index (χ2n) is 10.9. The molecule has 0 saturated carbocycles. The molecule has 0 heterocycles. The predicted octanol–water partition coefficient (Wildman–Crippen LogP) is 7.88. The maximum absolute atomic E-state index is 13.1. The molecule has 6 aromatic carbocycles. The Kier molecular flexibility index (Phi) is 20.7. The van der Waals surface area contributed by atoms with E-state index in [1.165, 1.54) is 21.2 Å². The molecule has 0 atom stereocenters. The van der Waals surface area contributed by atoms with Crippen molar-refractivity contribution in [3.63, 3.8) is 0 Å². The summed E-state index contributed by atoms with van der Waals surface area (Å²) in [5, 5.41) is 7.50. The smallest absolute Gasteiger partial charge is 0.141 e. The third-order valence-corrected chi connectivity index (χ3v) is 17.3. The van der Waals surface area contributed by atoms with Crippen molar-refractivity contribution in [3.05, 3.63) is 182 Å². The molecule has 0 N–H and O–H groups in total. The van der Waals surface area contributed by atoms with E-state index in [1.807, 2.05) is 60.7 Å². The average molecular weight is 850 g/mol. The monoisotopic (exact) mass is 848 g/mol. The van der Waals surface area contributed by atoms with Crippen LogP contribution in [0.25, 0.3) is 0 Å². The van der Waals surface area contributed by atoms with Crippen LogP contribution in [0.1, 0.15) is 0 Å². The quantitative estimate of drug-likeness (QED) is 0.0922. The Bertz CT molecular complexity index is 1560. The van der Waals surface area contributed by atoms with Gasteiger partial charge in [0, 0.05) is 30.7 Å². The molecule has 0 fully saturated rings. The van der Waals surface area contributed by atoms with Crippen molar-refractivity contribution >= 4 is 92.7 Å². The first-order chi connectivity index (χ1) is 24.1. The van der Waals surface area contributed by atoms with Gasteiger partial charge in [0.1, 0.15) is 7.14 Å². The predicted molar refractivity (Wildman–Crippen MR) is 229 cm³/mol. The molecule has 0 amide bonds. The van der Waals surface area contributed by atoms with Crippen molar-refractivity contribution in [2.45, 2.75) is 0 Å². The van der Waals surface area contributed by atoms with Gasteiger partial charge in [0.25, 0.3) is 0 Å². The van der Waals surface area contributed by atoms with Crippen molar-refractivity contribution in [3.8, 4) is 0 Å². The first-order valence-electron chi connectivity index (χ1n) is 16.3. The molecule has 0 spiro atoms. The zero-order valence-corrected chi connectivity index (χ0v) is 34.9. The van der Waals surface area contributed by atoms with E-state index < -0.39 is 7.14 Å². The third kappa shape index (κ3) is 13.3. The maximum atomic E-state index is 13.1. The van der Waals surface area contributed by atoms with Gasteiger partial charge >= 0.3 is 0 Å². The standard InChI is InChI=1S/C14H15OPS.2C14H15PS.Tc/c15-16(11-12-17,13-7-3-1-4-8-13)14-9-5-2-6-10-14;2*16-12-11-15(13-7-3-1-4-8-13)14-9-5-2-6-10-14;/h1-10,17H,11-12H2;2*1-10,16H,11-12H2;/p-3. The van der Waals surface area contributed by atoms with E-state index in [1.54, 1.807) is 0 Å². The molecule has 6 rings (SSSR count). The van der Waals surface area contributed by atoms with Crippen LogP contribution in [0, 0.1) is 0 Å². The van der Waals surface area contributed by atoms with Crippen LogP contribution in [0.3, 0.4) is 0 Å². The van der Waals surface area contributed by atoms with Gasteiger partial charge in [0.2, 0.25) is 0 Å². The molecule has 0 saturated heterocycles. The molecule has 259 valence electrons. The van der Waals surface area contributed by atoms with Crippen molar-refractivity contribution < 1.29 is 24.7 Å². The molecular formula is C42H42OP3S3Tc-3. The van der Waals surface area contributed by atoms with Crippen LogP contribution in [-0.4, -0.2) is 35.7 Å². The summed E-state index contributed by atoms with van der Waals surface area (Å²) in [6, 6.07) is 62.1. The van der Waals surface area contributed by atoms with Gasteiger partial charge in [0.05, 0.1) is 0 Å². The van der Waals surface area contributed by atoms with E-state index >= 15 is 0 Å². The van der Waals surface area contributed by atoms with Gasteiger partial charge < -0.3 is 42.5 Å². The fraction of sp³-hybridized carbons (Fsp3) is 0.143. The van der Waals surface area contributed by atoms with Crippen LogP contribution in [-0.2, 0) is 62.6 Å². The summed E-state index contributed by atoms with van der Waals surface area (Å²) >= 11 is 15.3. The molecule has 0 aliphatic rings. The molecular weight excluding hydrogens is 808 g/mol. The summed E-state index contributed by atoms with van der Waals surface area (Å²) in [6.07, 6.45) is 2.74. The summed E-state index contributed by atoms with van der Waals surface area (Å²) in [6.45, 7) is 0. The second kappa shape index (κ2) is 24.4. The van der Waals surface area contributed by atoms with Crippen molar-refractivity contribution in [1.82, 2.24) is 0 Å². The summed E-state index contributed by atoms with van der Waals surface area (Å²) in [5.74, 6) is 2.17. The minimum absolute atomic E-state index is 0. The molecule has 0 aliphatic carbocycles. The largest absolute Gasteiger partial charge is 0.792 e. The van der Waals surface area contributed by atoms with E-state index in [2.05, 4.69) is 121 Å². The Balaban J connectivity index is 0.000000201. The molecule has 50 heavy (non-hydrogen) atoms. The summed E-state index contributed by atoms with van der Waals surface area (Å²) in [7, 11) is -3.04. The van der Waals surface area contributed by atoms with E-state index in [9.17, 15) is 4.57 Å². The van der Waals surface area contributed by atoms with Crippen molar-refractivity contribution in [1.29, 1.82) is 0 Å². The fourth-order valence-corrected chi connectivity index (χ4v) is 13.7. The molecule has 1 nitrogen and oxygen atoms in total. The van der Waals surface area contributed by atoms with Gasteiger partial charge in [-0.2, -0.15) is 17.3 Å². The van der Waals surface area contributed by atoms with E-state index in [4.69, 9.17) is 37.9 Å². The average Bonchev–Trinajstić information content (AvgIpc) is 3.18. The molecule has 0 aromatic heterocycles. The fourth-order valence-electron chi connectivity index (χ4n) is 5.30. The zero-order valence-electron chi connectivity index (χ0n) is 27.9. The number of benzene rings is 6. The van der Waals surface area contributed by atoms with Crippen molar-refractivity contribution in [2.24, 2.45) is 0 Å². The van der Waals surface area contributed by atoms with E-state index in [-0.39, 0.29) is 35.9 Å². The summed E-state index contributed by atoms with van der Waals surface area (Å²) in [5.41, 5.74) is 0. The second-order valence-corrected chi connectivity index (χ2v) is 19.7. The third-order valence-electron chi connectivity index (χ3n) is 7.65. The molecule has 0 bridgehead atoms. The van der Waals surface area contributed by atoms with E-state index in [0.29, 0.717) is 11.9 Å². The molecule has 8 heteroatoms. The Morgan fingerprint density at radius 2 is 0.620 bits per heavy atom. The molecule has 0 unspecified atom stereocenters. The van der Waals surface area contributed by atoms with Crippen LogP contribution in [0.2, 0.25) is 0 Å². The Hall–Kier alpha value is -1.89. The number of hydrogen-bond acceptors (Lipinski definition) is 4. The zero-order chi connectivity index (χ0) is 34.6. The topological polar surface area (TPSA) is 17.1 Å². The van der Waals surface area contributed by atoms with Gasteiger partial charge in [0.15, 0.2) is 0 Å². The van der Waals surface area contributed by atoms with Gasteiger partial charge in [-0.05, 0) is 55.5 Å². The molecule has 1 radical (unpaired) electrons. The van der Waals surface area contributed by atoms with Crippen LogP contribution < -0.4 is 31.8 Å². The Morgan fingerprint density at radius 1 is 0.380 bits per heavy atom. The van der Waals surface area contributed by atoms with Crippen LogP contribution in [0.15, 0.2) is 182 Å². The van der Waals surface area contributed by atoms with Gasteiger partial charge in [-0.1, -0.05) is 182 Å². The first-order valence-corrected chi connectivity index (χ1v) is 23.0. The molecule has 6 aromatic rings. The number of rotatable bonds is 12. The normalized spacial score (nSPS) is 10.7. The van der Waals surface area contributed by atoms with Crippen LogP contribution in [0.5, 0.6) is 0 Å². The van der Waals surface area contributed by atoms with Crippen LogP contribution >= 0.6 is 23.0 Å². The van der Waals surface area contributed by atoms with E-state index in [0.717, 1.165) is 34.4 Å². The minimum Gasteiger partial charge on any atom is -0.792 e. The first kappa shape index (κ1) is 42.5. The Morgan fingerprint density at radius 3 is 0.840 bits per heavy atom. The molecule has 0 aliphatic heterocycles.